The van der Waals surface area contributed by atoms with Crippen LogP contribution in [-0.4, -0.2) is 43.2 Å². The van der Waals surface area contributed by atoms with Crippen molar-refractivity contribution in [3.63, 3.8) is 0 Å². The van der Waals surface area contributed by atoms with Crippen molar-refractivity contribution in [1.82, 2.24) is 9.55 Å². The standard InChI is InChI=1S/C21H24N4O3/c1-6-25(17-9-7-8-12-22-17)21(27)18-19(28-5)15-13-14(23(2)3)10-11-16(15)24(4)20(18)26/h7-13H,6H2,1-5H3. The summed E-state index contributed by atoms with van der Waals surface area (Å²) in [5.74, 6) is 0.332. The van der Waals surface area contributed by atoms with Gasteiger partial charge in [0.05, 0.1) is 12.6 Å². The number of hydrogen-bond acceptors (Lipinski definition) is 5. The summed E-state index contributed by atoms with van der Waals surface area (Å²) in [4.78, 5) is 34.1. The molecule has 0 fully saturated rings. The molecule has 1 amide bonds. The number of fused-ring (bicyclic) bond motifs is 1. The Morgan fingerprint density at radius 3 is 2.54 bits per heavy atom. The van der Waals surface area contributed by atoms with Gasteiger partial charge in [-0.2, -0.15) is 0 Å². The molecule has 0 aliphatic carbocycles. The van der Waals surface area contributed by atoms with E-state index in [9.17, 15) is 9.59 Å². The van der Waals surface area contributed by atoms with Crippen LogP contribution >= 0.6 is 0 Å². The summed E-state index contributed by atoms with van der Waals surface area (Å²) >= 11 is 0. The van der Waals surface area contributed by atoms with Gasteiger partial charge in [0.15, 0.2) is 0 Å². The van der Waals surface area contributed by atoms with E-state index < -0.39 is 11.5 Å². The zero-order chi connectivity index (χ0) is 20.4. The van der Waals surface area contributed by atoms with Gasteiger partial charge in [-0.3, -0.25) is 14.5 Å². The quantitative estimate of drug-likeness (QED) is 0.681. The van der Waals surface area contributed by atoms with Crippen molar-refractivity contribution in [2.45, 2.75) is 6.92 Å². The van der Waals surface area contributed by atoms with Crippen LogP contribution in [0.15, 0.2) is 47.4 Å². The maximum Gasteiger partial charge on any atom is 0.268 e. The smallest absolute Gasteiger partial charge is 0.268 e. The number of hydrogen-bond donors (Lipinski definition) is 0. The predicted molar refractivity (Wildman–Crippen MR) is 112 cm³/mol. The molecule has 0 bridgehead atoms. The summed E-state index contributed by atoms with van der Waals surface area (Å²) in [6.07, 6.45) is 1.62. The molecule has 2 aromatic heterocycles. The van der Waals surface area contributed by atoms with E-state index in [2.05, 4.69) is 4.98 Å². The molecule has 7 nitrogen and oxygen atoms in total. The van der Waals surface area contributed by atoms with E-state index in [0.29, 0.717) is 23.3 Å². The molecular weight excluding hydrogens is 356 g/mol. The molecule has 3 rings (SSSR count). The fourth-order valence-corrected chi connectivity index (χ4v) is 3.24. The van der Waals surface area contributed by atoms with E-state index in [1.807, 2.05) is 44.1 Å². The number of methoxy groups -OCH3 is 1. The van der Waals surface area contributed by atoms with Gasteiger partial charge in [-0.15, -0.1) is 0 Å². The fraction of sp³-hybridized carbons (Fsp3) is 0.286. The molecule has 0 spiro atoms. The highest BCUT2D eigenvalue weighted by molar-refractivity contribution is 6.10. The second-order valence-electron chi connectivity index (χ2n) is 6.61. The molecule has 0 unspecified atom stereocenters. The Morgan fingerprint density at radius 1 is 1.21 bits per heavy atom. The van der Waals surface area contributed by atoms with Crippen LogP contribution in [-0.2, 0) is 7.05 Å². The molecule has 1 aromatic carbocycles. The SMILES string of the molecule is CCN(C(=O)c1c(OC)c2cc(N(C)C)ccc2n(C)c1=O)c1ccccn1. The fourth-order valence-electron chi connectivity index (χ4n) is 3.24. The summed E-state index contributed by atoms with van der Waals surface area (Å²) in [5.41, 5.74) is 1.24. The van der Waals surface area contributed by atoms with E-state index in [-0.39, 0.29) is 11.3 Å². The number of aryl methyl sites for hydroxylation is 1. The maximum atomic E-state index is 13.4. The molecule has 0 radical (unpaired) electrons. The first-order valence-electron chi connectivity index (χ1n) is 9.01. The average molecular weight is 380 g/mol. The first-order valence-corrected chi connectivity index (χ1v) is 9.01. The Morgan fingerprint density at radius 2 is 1.96 bits per heavy atom. The number of benzene rings is 1. The molecule has 0 aliphatic rings. The van der Waals surface area contributed by atoms with Crippen LogP contribution in [0.1, 0.15) is 17.3 Å². The van der Waals surface area contributed by atoms with Gasteiger partial charge in [0.25, 0.3) is 11.5 Å². The van der Waals surface area contributed by atoms with Crippen LogP contribution in [0.4, 0.5) is 11.5 Å². The molecule has 7 heteroatoms. The van der Waals surface area contributed by atoms with Gasteiger partial charge >= 0.3 is 0 Å². The van der Waals surface area contributed by atoms with Gasteiger partial charge in [-0.25, -0.2) is 4.98 Å². The molecule has 0 N–H and O–H groups in total. The number of amides is 1. The third-order valence-electron chi connectivity index (χ3n) is 4.75. The summed E-state index contributed by atoms with van der Waals surface area (Å²) in [7, 11) is 7.00. The summed E-state index contributed by atoms with van der Waals surface area (Å²) < 4.78 is 7.06. The van der Waals surface area contributed by atoms with Crippen molar-refractivity contribution in [2.24, 2.45) is 7.05 Å². The average Bonchev–Trinajstić information content (AvgIpc) is 2.71. The zero-order valence-corrected chi connectivity index (χ0v) is 16.8. The second-order valence-corrected chi connectivity index (χ2v) is 6.61. The number of anilines is 2. The lowest BCUT2D eigenvalue weighted by Crippen LogP contribution is -2.37. The highest BCUT2D eigenvalue weighted by Crippen LogP contribution is 2.31. The van der Waals surface area contributed by atoms with E-state index in [1.165, 1.54) is 16.6 Å². The Bertz CT molecular complexity index is 1070. The first-order chi connectivity index (χ1) is 13.4. The maximum absolute atomic E-state index is 13.4. The molecule has 146 valence electrons. The molecule has 0 saturated heterocycles. The van der Waals surface area contributed by atoms with Crippen LogP contribution in [0.5, 0.6) is 5.75 Å². The van der Waals surface area contributed by atoms with Gasteiger partial charge in [-0.05, 0) is 37.3 Å². The van der Waals surface area contributed by atoms with E-state index >= 15 is 0 Å². The Hall–Kier alpha value is -3.35. The summed E-state index contributed by atoms with van der Waals surface area (Å²) in [5, 5.41) is 0.705. The molecule has 2 heterocycles. The minimum Gasteiger partial charge on any atom is -0.495 e. The number of nitrogens with zero attached hydrogens (tertiary/aromatic N) is 4. The summed E-state index contributed by atoms with van der Waals surface area (Å²) in [6, 6.07) is 11.0. The molecule has 0 saturated carbocycles. The van der Waals surface area contributed by atoms with Crippen molar-refractivity contribution in [3.8, 4) is 5.75 Å². The van der Waals surface area contributed by atoms with E-state index in [4.69, 9.17) is 4.74 Å². The number of rotatable bonds is 5. The van der Waals surface area contributed by atoms with Gasteiger partial charge in [0.2, 0.25) is 0 Å². The van der Waals surface area contributed by atoms with Gasteiger partial charge in [0, 0.05) is 45.0 Å². The van der Waals surface area contributed by atoms with Gasteiger partial charge < -0.3 is 14.2 Å². The molecule has 28 heavy (non-hydrogen) atoms. The number of carbonyl (C=O) groups excluding carboxylic acids is 1. The molecule has 0 aliphatic heterocycles. The van der Waals surface area contributed by atoms with Crippen LogP contribution in [0.2, 0.25) is 0 Å². The third kappa shape index (κ3) is 3.19. The van der Waals surface area contributed by atoms with Crippen molar-refractivity contribution in [3.05, 3.63) is 58.5 Å². The van der Waals surface area contributed by atoms with Crippen LogP contribution in [0.25, 0.3) is 10.9 Å². The predicted octanol–water partition coefficient (Wildman–Crippen LogP) is 2.67. The Balaban J connectivity index is 2.29. The summed E-state index contributed by atoms with van der Waals surface area (Å²) in [6.45, 7) is 2.21. The molecule has 0 atom stereocenters. The number of ether oxygens (including phenoxy) is 1. The highest BCUT2D eigenvalue weighted by atomic mass is 16.5. The lowest BCUT2D eigenvalue weighted by atomic mass is 10.1. The van der Waals surface area contributed by atoms with Gasteiger partial charge in [-0.1, -0.05) is 6.07 Å². The minimum atomic E-state index is -0.434. The number of pyridine rings is 2. The van der Waals surface area contributed by atoms with Gasteiger partial charge in [0.1, 0.15) is 17.1 Å². The van der Waals surface area contributed by atoms with E-state index in [0.717, 1.165) is 5.69 Å². The number of aromatic nitrogens is 2. The lowest BCUT2D eigenvalue weighted by Gasteiger charge is -2.22. The normalized spacial score (nSPS) is 10.8. The van der Waals surface area contributed by atoms with E-state index in [1.54, 1.807) is 31.4 Å². The van der Waals surface area contributed by atoms with Crippen LogP contribution < -0.4 is 20.1 Å². The lowest BCUT2D eigenvalue weighted by molar-refractivity contribution is 0.0983. The van der Waals surface area contributed by atoms with Crippen molar-refractivity contribution in [1.29, 1.82) is 0 Å². The Kier molecular flexibility index (Phi) is 5.35. The largest absolute Gasteiger partial charge is 0.495 e. The third-order valence-corrected chi connectivity index (χ3v) is 4.75. The Labute approximate surface area is 163 Å². The first kappa shape index (κ1) is 19.4. The number of carbonyl (C=O) groups is 1. The molecule has 3 aromatic rings. The van der Waals surface area contributed by atoms with Crippen LogP contribution in [0.3, 0.4) is 0 Å². The second kappa shape index (κ2) is 7.72. The van der Waals surface area contributed by atoms with Crippen molar-refractivity contribution < 1.29 is 9.53 Å². The highest BCUT2D eigenvalue weighted by Gasteiger charge is 2.27. The van der Waals surface area contributed by atoms with Crippen LogP contribution in [0, 0.1) is 0 Å². The minimum absolute atomic E-state index is 0.000842. The van der Waals surface area contributed by atoms with Crippen molar-refractivity contribution >= 4 is 28.3 Å². The molecular formula is C21H24N4O3. The topological polar surface area (TPSA) is 67.7 Å². The van der Waals surface area contributed by atoms with Crippen molar-refractivity contribution in [2.75, 3.05) is 37.5 Å². The monoisotopic (exact) mass is 380 g/mol. The zero-order valence-electron chi connectivity index (χ0n) is 16.8.